The highest BCUT2D eigenvalue weighted by molar-refractivity contribution is 7.92. The maximum absolute atomic E-state index is 13.0. The summed E-state index contributed by atoms with van der Waals surface area (Å²) in [5.74, 6) is -3.63. The molecule has 15 heteroatoms. The summed E-state index contributed by atoms with van der Waals surface area (Å²) < 4.78 is 101. The summed E-state index contributed by atoms with van der Waals surface area (Å²) in [6.45, 7) is 1.95. The van der Waals surface area contributed by atoms with Crippen LogP contribution in [0.4, 0.5) is 13.2 Å². The van der Waals surface area contributed by atoms with Crippen molar-refractivity contribution in [1.82, 2.24) is 15.2 Å². The van der Waals surface area contributed by atoms with E-state index in [1.807, 2.05) is 31.2 Å². The first-order valence-corrected chi connectivity index (χ1v) is 14.4. The van der Waals surface area contributed by atoms with Crippen molar-refractivity contribution in [2.45, 2.75) is 30.5 Å². The maximum atomic E-state index is 13.0. The van der Waals surface area contributed by atoms with Gasteiger partial charge in [0.2, 0.25) is 11.8 Å². The quantitative estimate of drug-likeness (QED) is 0.308. The Bertz CT molecular complexity index is 1610. The molecule has 0 spiro atoms. The zero-order chi connectivity index (χ0) is 26.3. The Morgan fingerprint density at radius 1 is 1.03 bits per heavy atom. The van der Waals surface area contributed by atoms with E-state index < -0.39 is 61.1 Å². The Balaban J connectivity index is 1.78. The first-order chi connectivity index (χ1) is 16.7. The van der Waals surface area contributed by atoms with Gasteiger partial charge < -0.3 is 4.42 Å². The molecular weight excluding hydrogens is 543 g/mol. The lowest BCUT2D eigenvalue weighted by atomic mass is 10.0. The lowest BCUT2D eigenvalue weighted by Gasteiger charge is -2.13. The number of thiazole rings is 1. The van der Waals surface area contributed by atoms with Crippen molar-refractivity contribution in [2.75, 3.05) is 5.75 Å². The Kier molecular flexibility index (Phi) is 6.94. The smallest absolute Gasteiger partial charge is 0.390 e. The highest BCUT2D eigenvalue weighted by Crippen LogP contribution is 2.38. The Labute approximate surface area is 207 Å². The van der Waals surface area contributed by atoms with E-state index >= 15 is 0 Å². The number of halogens is 3. The number of hydrogen-bond donors (Lipinski definition) is 1. The number of benzene rings is 2. The van der Waals surface area contributed by atoms with Gasteiger partial charge in [-0.15, -0.1) is 21.5 Å². The van der Waals surface area contributed by atoms with Crippen molar-refractivity contribution in [3.63, 3.8) is 0 Å². The summed E-state index contributed by atoms with van der Waals surface area (Å²) in [5.41, 5.74) is 3.19. The van der Waals surface area contributed by atoms with Gasteiger partial charge in [-0.25, -0.2) is 13.4 Å². The molecule has 1 N–H and O–H groups in total. The molecule has 0 aliphatic rings. The molecule has 9 nitrogen and oxygen atoms in total. The molecule has 192 valence electrons. The zero-order valence-corrected chi connectivity index (χ0v) is 20.9. The van der Waals surface area contributed by atoms with Crippen LogP contribution in [0.5, 0.6) is 0 Å². The molecule has 2 aromatic carbocycles. The first kappa shape index (κ1) is 26.2. The molecule has 4 aromatic rings. The standard InChI is InChI=1S/C21H18F3N3O6S3/c1-12-2-4-13(5-3-12)14-6-7-15-16(10-14)34-20(25-15)18(35(28,29)9-8-21(22,23)24)19-27-26-17(33-19)11-36(30,31)32/h2-7,10,18H,8-9,11H2,1H3,(H,30,31,32). The third-order valence-corrected chi connectivity index (χ3v) is 8.82. The van der Waals surface area contributed by atoms with Crippen LogP contribution >= 0.6 is 11.3 Å². The molecule has 0 saturated carbocycles. The SMILES string of the molecule is Cc1ccc(-c2ccc3nc(C(c4nnc(CS(=O)(=O)O)o4)S(=O)(=O)CCC(F)(F)F)sc3c2)cc1. The highest BCUT2D eigenvalue weighted by Gasteiger charge is 2.40. The van der Waals surface area contributed by atoms with Crippen LogP contribution in [-0.2, 0) is 25.7 Å². The number of hydrogen-bond acceptors (Lipinski definition) is 9. The summed E-state index contributed by atoms with van der Waals surface area (Å²) >= 11 is 0.928. The molecule has 0 saturated heterocycles. The van der Waals surface area contributed by atoms with E-state index in [0.717, 1.165) is 28.0 Å². The monoisotopic (exact) mass is 561 g/mol. The van der Waals surface area contributed by atoms with Crippen LogP contribution < -0.4 is 0 Å². The predicted molar refractivity (Wildman–Crippen MR) is 126 cm³/mol. The summed E-state index contributed by atoms with van der Waals surface area (Å²) in [7, 11) is -9.17. The highest BCUT2D eigenvalue weighted by atomic mass is 32.2. The van der Waals surface area contributed by atoms with Crippen molar-refractivity contribution in [3.05, 3.63) is 64.8 Å². The molecule has 1 unspecified atom stereocenters. The van der Waals surface area contributed by atoms with Crippen LogP contribution in [0.25, 0.3) is 21.3 Å². The van der Waals surface area contributed by atoms with E-state index in [0.29, 0.717) is 10.2 Å². The van der Waals surface area contributed by atoms with Gasteiger partial charge in [-0.1, -0.05) is 35.9 Å². The minimum atomic E-state index is -4.74. The first-order valence-electron chi connectivity index (χ1n) is 10.2. The number of sulfone groups is 1. The predicted octanol–water partition coefficient (Wildman–Crippen LogP) is 4.50. The molecule has 2 aromatic heterocycles. The van der Waals surface area contributed by atoms with Crippen LogP contribution in [0.3, 0.4) is 0 Å². The lowest BCUT2D eigenvalue weighted by Crippen LogP contribution is -2.22. The topological polar surface area (TPSA) is 140 Å². The van der Waals surface area contributed by atoms with Gasteiger partial charge in [0.25, 0.3) is 10.1 Å². The van der Waals surface area contributed by atoms with Crippen molar-refractivity contribution >= 4 is 41.5 Å². The second-order valence-electron chi connectivity index (χ2n) is 7.97. The lowest BCUT2D eigenvalue weighted by molar-refractivity contribution is -0.129. The molecule has 0 aliphatic heterocycles. The number of alkyl halides is 3. The van der Waals surface area contributed by atoms with E-state index in [4.69, 9.17) is 8.97 Å². The summed E-state index contributed by atoms with van der Waals surface area (Å²) in [6, 6.07) is 12.9. The van der Waals surface area contributed by atoms with Gasteiger partial charge in [-0.3, -0.25) is 4.55 Å². The van der Waals surface area contributed by atoms with E-state index in [2.05, 4.69) is 15.2 Å². The minimum absolute atomic E-state index is 0.115. The third-order valence-electron chi connectivity index (χ3n) is 5.06. The molecule has 2 heterocycles. The Morgan fingerprint density at radius 3 is 2.33 bits per heavy atom. The van der Waals surface area contributed by atoms with Crippen molar-refractivity contribution in [2.24, 2.45) is 0 Å². The van der Waals surface area contributed by atoms with Gasteiger partial charge >= 0.3 is 6.18 Å². The molecule has 0 amide bonds. The van der Waals surface area contributed by atoms with E-state index in [-0.39, 0.29) is 5.01 Å². The molecule has 1 atom stereocenters. The fourth-order valence-electron chi connectivity index (χ4n) is 3.36. The fourth-order valence-corrected chi connectivity index (χ4v) is 6.86. The summed E-state index contributed by atoms with van der Waals surface area (Å²) in [6.07, 6.45) is -6.35. The van der Waals surface area contributed by atoms with Gasteiger partial charge in [-0.05, 0) is 30.2 Å². The Morgan fingerprint density at radius 2 is 1.69 bits per heavy atom. The Hall–Kier alpha value is -2.88. The fraction of sp³-hybridized carbons (Fsp3) is 0.286. The van der Waals surface area contributed by atoms with Crippen LogP contribution in [0, 0.1) is 6.92 Å². The summed E-state index contributed by atoms with van der Waals surface area (Å²) in [4.78, 5) is 4.30. The molecular formula is C21H18F3N3O6S3. The summed E-state index contributed by atoms with van der Waals surface area (Å²) in [5, 5.41) is 4.99. The molecule has 36 heavy (non-hydrogen) atoms. The number of aromatic nitrogens is 3. The molecule has 0 aliphatic carbocycles. The van der Waals surface area contributed by atoms with Crippen LogP contribution in [-0.4, -0.2) is 48.5 Å². The van der Waals surface area contributed by atoms with E-state index in [9.17, 15) is 30.0 Å². The zero-order valence-electron chi connectivity index (χ0n) is 18.4. The van der Waals surface area contributed by atoms with Gasteiger partial charge in [0.15, 0.2) is 20.8 Å². The number of rotatable bonds is 8. The third kappa shape index (κ3) is 6.27. The van der Waals surface area contributed by atoms with Gasteiger partial charge in [0.05, 0.1) is 22.4 Å². The number of aryl methyl sites for hydroxylation is 1. The average molecular weight is 562 g/mol. The van der Waals surface area contributed by atoms with Crippen molar-refractivity contribution in [1.29, 1.82) is 0 Å². The second kappa shape index (κ2) is 9.53. The van der Waals surface area contributed by atoms with Crippen LogP contribution in [0.1, 0.15) is 34.0 Å². The molecule has 0 bridgehead atoms. The maximum Gasteiger partial charge on any atom is 0.390 e. The van der Waals surface area contributed by atoms with Crippen LogP contribution in [0.2, 0.25) is 0 Å². The normalized spacial score (nSPS) is 13.8. The second-order valence-corrected chi connectivity index (χ2v) is 12.7. The van der Waals surface area contributed by atoms with Gasteiger partial charge in [-0.2, -0.15) is 21.6 Å². The number of fused-ring (bicyclic) bond motifs is 1. The van der Waals surface area contributed by atoms with E-state index in [1.54, 1.807) is 18.2 Å². The molecule has 0 fully saturated rings. The van der Waals surface area contributed by atoms with E-state index in [1.165, 1.54) is 0 Å². The largest absolute Gasteiger partial charge is 0.422 e. The minimum Gasteiger partial charge on any atom is -0.422 e. The van der Waals surface area contributed by atoms with Crippen LogP contribution in [0.15, 0.2) is 46.9 Å². The van der Waals surface area contributed by atoms with Gasteiger partial charge in [0, 0.05) is 0 Å². The number of nitrogens with zero attached hydrogens (tertiary/aromatic N) is 3. The van der Waals surface area contributed by atoms with Crippen molar-refractivity contribution in [3.8, 4) is 11.1 Å². The molecule has 0 radical (unpaired) electrons. The van der Waals surface area contributed by atoms with Crippen molar-refractivity contribution < 1.29 is 39.0 Å². The average Bonchev–Trinajstić information content (AvgIpc) is 3.37. The van der Waals surface area contributed by atoms with Gasteiger partial charge in [0.1, 0.15) is 5.01 Å². The molecule has 4 rings (SSSR count).